The Hall–Kier alpha value is -3.64. The molecule has 0 bridgehead atoms. The average Bonchev–Trinajstić information content (AvgIpc) is 2.96. The second-order valence-corrected chi connectivity index (χ2v) is 10.1. The van der Waals surface area contributed by atoms with Crippen LogP contribution in [0, 0.1) is 12.8 Å². The number of alkyl halides is 3. The van der Waals surface area contributed by atoms with Crippen molar-refractivity contribution in [2.75, 3.05) is 38.4 Å². The number of aromatic nitrogens is 1. The predicted octanol–water partition coefficient (Wildman–Crippen LogP) is 4.23. The molecule has 3 heterocycles. The highest BCUT2D eigenvalue weighted by atomic mass is 19.4. The smallest absolute Gasteiger partial charge is 0.481 e. The van der Waals surface area contributed by atoms with Crippen LogP contribution in [0.4, 0.5) is 18.9 Å². The quantitative estimate of drug-likeness (QED) is 0.441. The number of allylic oxidation sites excluding steroid dienone is 1. The van der Waals surface area contributed by atoms with E-state index in [1.165, 1.54) is 0 Å². The highest BCUT2D eigenvalue weighted by Crippen LogP contribution is 2.31. The molecule has 2 aliphatic heterocycles. The van der Waals surface area contributed by atoms with Crippen LogP contribution in [-0.2, 0) is 28.9 Å². The minimum atomic E-state index is -5.08. The number of carbonyl (C=O) groups excluding carboxylic acids is 1. The number of nitrogens with one attached hydrogen (secondary N) is 1. The first-order valence-corrected chi connectivity index (χ1v) is 13.9. The maximum Gasteiger partial charge on any atom is 0.490 e. The number of aliphatic carboxylic acids is 1. The van der Waals surface area contributed by atoms with Crippen molar-refractivity contribution in [3.8, 4) is 5.88 Å². The van der Waals surface area contributed by atoms with Crippen molar-refractivity contribution in [1.82, 2.24) is 10.3 Å². The summed E-state index contributed by atoms with van der Waals surface area (Å²) in [5.41, 5.74) is 5.53. The molecule has 42 heavy (non-hydrogen) atoms. The number of pyridine rings is 1. The van der Waals surface area contributed by atoms with Gasteiger partial charge in [-0.05, 0) is 68.9 Å². The number of methoxy groups -OCH3 is 1. The molecule has 9 nitrogen and oxygen atoms in total. The molecule has 4 rings (SSSR count). The van der Waals surface area contributed by atoms with E-state index in [1.54, 1.807) is 7.11 Å². The Bertz CT molecular complexity index is 1260. The van der Waals surface area contributed by atoms with E-state index in [9.17, 15) is 23.1 Å². The number of carboxylic acids is 1. The Balaban J connectivity index is 0.000000616. The van der Waals surface area contributed by atoms with Gasteiger partial charge in [-0.3, -0.25) is 4.79 Å². The minimum Gasteiger partial charge on any atom is -0.481 e. The molecule has 1 unspecified atom stereocenters. The summed E-state index contributed by atoms with van der Waals surface area (Å²) in [5.74, 6) is -2.38. The molecule has 0 aliphatic carbocycles. The zero-order valence-electron chi connectivity index (χ0n) is 24.0. The molecule has 1 saturated heterocycles. The lowest BCUT2D eigenvalue weighted by Crippen LogP contribution is -2.40. The number of amides is 1. The van der Waals surface area contributed by atoms with Crippen molar-refractivity contribution in [3.63, 3.8) is 0 Å². The molecule has 230 valence electrons. The number of anilines is 1. The molecular formula is C30H38F3N3O6. The summed E-state index contributed by atoms with van der Waals surface area (Å²) in [4.78, 5) is 29.3. The summed E-state index contributed by atoms with van der Waals surface area (Å²) in [7, 11) is 1.60. The molecule has 2 aliphatic rings. The van der Waals surface area contributed by atoms with Crippen LogP contribution in [0.5, 0.6) is 5.88 Å². The van der Waals surface area contributed by atoms with Crippen LogP contribution in [0.15, 0.2) is 36.4 Å². The van der Waals surface area contributed by atoms with Gasteiger partial charge in [0.25, 0.3) is 5.91 Å². The molecule has 0 saturated carbocycles. The van der Waals surface area contributed by atoms with Crippen molar-refractivity contribution in [2.24, 2.45) is 5.92 Å². The number of halogens is 3. The monoisotopic (exact) mass is 593 g/mol. The Morgan fingerprint density at radius 2 is 1.93 bits per heavy atom. The third-order valence-corrected chi connectivity index (χ3v) is 7.29. The number of hydrogen-bond acceptors (Lipinski definition) is 7. The number of rotatable bonds is 5. The number of fused-ring (bicyclic) bond motifs is 2. The molecule has 0 radical (unpaired) electrons. The van der Waals surface area contributed by atoms with Crippen molar-refractivity contribution in [1.29, 1.82) is 0 Å². The third-order valence-electron chi connectivity index (χ3n) is 7.29. The zero-order valence-corrected chi connectivity index (χ0v) is 24.0. The van der Waals surface area contributed by atoms with Gasteiger partial charge in [-0.15, -0.1) is 0 Å². The average molecular weight is 594 g/mol. The normalized spacial score (nSPS) is 18.5. The van der Waals surface area contributed by atoms with E-state index in [0.717, 1.165) is 60.7 Å². The van der Waals surface area contributed by atoms with Crippen LogP contribution in [0.1, 0.15) is 52.5 Å². The van der Waals surface area contributed by atoms with E-state index < -0.39 is 12.1 Å². The predicted molar refractivity (Wildman–Crippen MR) is 151 cm³/mol. The van der Waals surface area contributed by atoms with Crippen LogP contribution in [-0.4, -0.2) is 72.8 Å². The molecule has 0 spiro atoms. The van der Waals surface area contributed by atoms with E-state index in [0.29, 0.717) is 36.9 Å². The fraction of sp³-hybridized carbons (Fsp3) is 0.500. The summed E-state index contributed by atoms with van der Waals surface area (Å²) >= 11 is 0. The summed E-state index contributed by atoms with van der Waals surface area (Å²) in [5, 5.41) is 20.4. The molecule has 1 aromatic carbocycles. The molecular weight excluding hydrogens is 555 g/mol. The van der Waals surface area contributed by atoms with Crippen LogP contribution in [0.2, 0.25) is 0 Å². The van der Waals surface area contributed by atoms with Crippen molar-refractivity contribution in [2.45, 2.75) is 58.3 Å². The van der Waals surface area contributed by atoms with E-state index in [1.807, 2.05) is 25.1 Å². The fourth-order valence-electron chi connectivity index (χ4n) is 5.29. The molecule has 2 aromatic rings. The fourth-order valence-corrected chi connectivity index (χ4v) is 5.29. The molecule has 1 aromatic heterocycles. The first-order chi connectivity index (χ1) is 20.0. The molecule has 1 fully saturated rings. The standard InChI is InChI=1S/C28H37N3O4.C2HF3O2/c1-4-31(22-11-13-35-14-12-22)26-10-6-9-24-23(26)8-5-7-20(18-32)16-21-15-19(2)30-28(34-3)25(21)17-29-27(24)33;3-2(4,5)1(6)7/h5-7,9-10,15,20,22,32H,4,8,11-14,16-18H2,1-3H3,(H,29,33);(H,6,7)/b7-5+;. The number of ether oxygens (including phenoxy) is 2. The maximum absolute atomic E-state index is 13.5. The number of aliphatic hydroxyl groups is 1. The first-order valence-electron chi connectivity index (χ1n) is 13.9. The highest BCUT2D eigenvalue weighted by Gasteiger charge is 2.38. The van der Waals surface area contributed by atoms with Crippen molar-refractivity contribution >= 4 is 17.6 Å². The van der Waals surface area contributed by atoms with Gasteiger partial charge in [0, 0.05) is 67.4 Å². The van der Waals surface area contributed by atoms with Crippen LogP contribution in [0.3, 0.4) is 0 Å². The number of carboxylic acid groups (broad SMARTS) is 1. The molecule has 1 amide bonds. The second kappa shape index (κ2) is 15.0. The van der Waals surface area contributed by atoms with E-state index in [-0.39, 0.29) is 18.4 Å². The van der Waals surface area contributed by atoms with Crippen LogP contribution < -0.4 is 15.0 Å². The number of benzene rings is 1. The SMILES string of the molecule is CCN(c1cccc2c1C/C=C/C(CO)Cc1cc(C)nc(OC)c1CNC2=O)C1CCOCC1.O=C(O)C(F)(F)F. The maximum atomic E-state index is 13.5. The number of carbonyl (C=O) groups is 2. The van der Waals surface area contributed by atoms with E-state index in [2.05, 4.69) is 40.3 Å². The minimum absolute atomic E-state index is 0.0382. The Morgan fingerprint density at radius 3 is 2.52 bits per heavy atom. The van der Waals surface area contributed by atoms with Crippen LogP contribution in [0.25, 0.3) is 0 Å². The summed E-state index contributed by atoms with van der Waals surface area (Å²) in [6.07, 6.45) is 2.33. The lowest BCUT2D eigenvalue weighted by molar-refractivity contribution is -0.192. The largest absolute Gasteiger partial charge is 0.490 e. The highest BCUT2D eigenvalue weighted by molar-refractivity contribution is 5.97. The van der Waals surface area contributed by atoms with Gasteiger partial charge in [-0.25, -0.2) is 9.78 Å². The van der Waals surface area contributed by atoms with E-state index in [4.69, 9.17) is 19.4 Å². The molecule has 1 atom stereocenters. The van der Waals surface area contributed by atoms with Gasteiger partial charge in [0.1, 0.15) is 0 Å². The lowest BCUT2D eigenvalue weighted by atomic mass is 9.93. The number of aliphatic hydroxyl groups excluding tert-OH is 1. The van der Waals surface area contributed by atoms with Gasteiger partial charge < -0.3 is 29.9 Å². The van der Waals surface area contributed by atoms with Gasteiger partial charge in [0.15, 0.2) is 0 Å². The second-order valence-electron chi connectivity index (χ2n) is 10.1. The zero-order chi connectivity index (χ0) is 30.9. The Labute approximate surface area is 243 Å². The van der Waals surface area contributed by atoms with Gasteiger partial charge in [-0.1, -0.05) is 18.2 Å². The summed E-state index contributed by atoms with van der Waals surface area (Å²) in [6, 6.07) is 8.41. The third kappa shape index (κ3) is 8.45. The van der Waals surface area contributed by atoms with Gasteiger partial charge in [0.05, 0.1) is 7.11 Å². The van der Waals surface area contributed by atoms with Crippen molar-refractivity contribution in [3.05, 3.63) is 64.4 Å². The number of nitrogens with zero attached hydrogens (tertiary/aromatic N) is 2. The number of hydrogen-bond donors (Lipinski definition) is 3. The topological polar surface area (TPSA) is 121 Å². The summed E-state index contributed by atoms with van der Waals surface area (Å²) < 4.78 is 42.9. The lowest BCUT2D eigenvalue weighted by Gasteiger charge is -2.37. The Morgan fingerprint density at radius 1 is 1.24 bits per heavy atom. The van der Waals surface area contributed by atoms with E-state index >= 15 is 0 Å². The van der Waals surface area contributed by atoms with Crippen molar-refractivity contribution < 1.29 is 42.4 Å². The van der Waals surface area contributed by atoms with Gasteiger partial charge >= 0.3 is 12.1 Å². The molecule has 3 N–H and O–H groups in total. The summed E-state index contributed by atoms with van der Waals surface area (Å²) in [6.45, 7) is 6.85. The van der Waals surface area contributed by atoms with Gasteiger partial charge in [-0.2, -0.15) is 13.2 Å². The van der Waals surface area contributed by atoms with Gasteiger partial charge in [0.2, 0.25) is 5.88 Å². The first kappa shape index (κ1) is 32.9. The number of aryl methyl sites for hydroxylation is 1. The Kier molecular flexibility index (Phi) is 11.7. The van der Waals surface area contributed by atoms with Crippen LogP contribution >= 0.6 is 0 Å². The molecule has 12 heteroatoms.